The fourth-order valence-electron chi connectivity index (χ4n) is 2.56. The minimum absolute atomic E-state index is 0.115. The van der Waals surface area contributed by atoms with Crippen molar-refractivity contribution in [1.29, 1.82) is 0 Å². The predicted octanol–water partition coefficient (Wildman–Crippen LogP) is 2.91. The van der Waals surface area contributed by atoms with Gasteiger partial charge in [0.2, 0.25) is 0 Å². The van der Waals surface area contributed by atoms with Crippen LogP contribution in [0.5, 0.6) is 0 Å². The molecule has 7 nitrogen and oxygen atoms in total. The lowest BCUT2D eigenvalue weighted by molar-refractivity contribution is -0.137. The summed E-state index contributed by atoms with van der Waals surface area (Å²) in [4.78, 5) is 41.4. The fourth-order valence-corrected chi connectivity index (χ4v) is 2.56. The number of amides is 2. The van der Waals surface area contributed by atoms with Gasteiger partial charge in [0.05, 0.1) is 12.0 Å². The Kier molecular flexibility index (Phi) is 7.05. The van der Waals surface area contributed by atoms with Crippen molar-refractivity contribution in [2.75, 3.05) is 18.4 Å². The lowest BCUT2D eigenvalue weighted by Gasteiger charge is -2.24. The van der Waals surface area contributed by atoms with Gasteiger partial charge in [0, 0.05) is 36.7 Å². The number of carbonyl (C=O) groups excluding carboxylic acids is 2. The highest BCUT2D eigenvalue weighted by Crippen LogP contribution is 2.15. The third-order valence-corrected chi connectivity index (χ3v) is 3.76. The number of nitrogens with one attached hydrogen (secondary N) is 1. The summed E-state index contributed by atoms with van der Waals surface area (Å²) in [6, 6.07) is 9.92. The average Bonchev–Trinajstić information content (AvgIpc) is 2.65. The number of rotatable bonds is 8. The van der Waals surface area contributed by atoms with Crippen LogP contribution in [0.15, 0.2) is 48.8 Å². The normalized spacial score (nSPS) is 10.5. The summed E-state index contributed by atoms with van der Waals surface area (Å²) in [5, 5.41) is 11.6. The molecule has 0 aliphatic heterocycles. The van der Waals surface area contributed by atoms with Gasteiger partial charge in [-0.1, -0.05) is 19.9 Å². The Morgan fingerprint density at radius 3 is 2.52 bits per heavy atom. The van der Waals surface area contributed by atoms with E-state index in [4.69, 9.17) is 5.11 Å². The summed E-state index contributed by atoms with van der Waals surface area (Å²) < 4.78 is 0. The van der Waals surface area contributed by atoms with E-state index >= 15 is 0 Å². The third-order valence-electron chi connectivity index (χ3n) is 3.76. The monoisotopic (exact) mass is 369 g/mol. The molecule has 1 heterocycles. The fraction of sp³-hybridized carbons (Fsp3) is 0.300. The molecule has 2 rings (SSSR count). The van der Waals surface area contributed by atoms with Crippen molar-refractivity contribution in [2.24, 2.45) is 5.92 Å². The number of nitrogens with zero attached hydrogens (tertiary/aromatic N) is 2. The van der Waals surface area contributed by atoms with Crippen LogP contribution in [-0.4, -0.2) is 45.9 Å². The van der Waals surface area contributed by atoms with Crippen LogP contribution >= 0.6 is 0 Å². The van der Waals surface area contributed by atoms with Gasteiger partial charge in [-0.3, -0.25) is 19.4 Å². The molecular weight excluding hydrogens is 346 g/mol. The van der Waals surface area contributed by atoms with E-state index in [-0.39, 0.29) is 30.7 Å². The maximum Gasteiger partial charge on any atom is 0.305 e. The molecule has 142 valence electrons. The zero-order valence-electron chi connectivity index (χ0n) is 15.4. The summed E-state index contributed by atoms with van der Waals surface area (Å²) in [7, 11) is 0. The van der Waals surface area contributed by atoms with Gasteiger partial charge >= 0.3 is 5.97 Å². The van der Waals surface area contributed by atoms with Crippen molar-refractivity contribution in [1.82, 2.24) is 9.88 Å². The molecule has 0 saturated heterocycles. The van der Waals surface area contributed by atoms with Crippen LogP contribution in [0, 0.1) is 5.92 Å². The van der Waals surface area contributed by atoms with Crippen molar-refractivity contribution in [2.45, 2.75) is 20.3 Å². The summed E-state index contributed by atoms with van der Waals surface area (Å²) in [5.41, 5.74) is 1.29. The Morgan fingerprint density at radius 1 is 1.15 bits per heavy atom. The molecule has 0 fully saturated rings. The number of carbonyl (C=O) groups is 3. The molecule has 2 amide bonds. The second-order valence-electron chi connectivity index (χ2n) is 6.57. The molecule has 0 aliphatic carbocycles. The van der Waals surface area contributed by atoms with Gasteiger partial charge in [-0.25, -0.2) is 0 Å². The average molecular weight is 369 g/mol. The highest BCUT2D eigenvalue weighted by atomic mass is 16.4. The van der Waals surface area contributed by atoms with Crippen LogP contribution in [0.1, 0.15) is 41.0 Å². The largest absolute Gasteiger partial charge is 0.481 e. The van der Waals surface area contributed by atoms with Crippen molar-refractivity contribution in [3.05, 3.63) is 59.9 Å². The Bertz CT molecular complexity index is 806. The van der Waals surface area contributed by atoms with Crippen LogP contribution < -0.4 is 5.32 Å². The van der Waals surface area contributed by atoms with E-state index in [0.29, 0.717) is 23.4 Å². The van der Waals surface area contributed by atoms with Gasteiger partial charge in [0.15, 0.2) is 0 Å². The first-order valence-electron chi connectivity index (χ1n) is 8.69. The maximum atomic E-state index is 12.8. The highest BCUT2D eigenvalue weighted by Gasteiger charge is 2.18. The number of hydrogen-bond donors (Lipinski definition) is 2. The van der Waals surface area contributed by atoms with Crippen molar-refractivity contribution in [3.63, 3.8) is 0 Å². The maximum absolute atomic E-state index is 12.8. The Hall–Kier alpha value is -3.22. The molecule has 0 aliphatic rings. The first-order chi connectivity index (χ1) is 12.9. The molecule has 1 aromatic heterocycles. The van der Waals surface area contributed by atoms with Crippen LogP contribution in [-0.2, 0) is 4.79 Å². The third kappa shape index (κ3) is 6.22. The molecule has 0 spiro atoms. The second-order valence-corrected chi connectivity index (χ2v) is 6.57. The van der Waals surface area contributed by atoms with Crippen molar-refractivity contribution in [3.8, 4) is 0 Å². The zero-order chi connectivity index (χ0) is 19.8. The topological polar surface area (TPSA) is 99.6 Å². The number of benzene rings is 1. The molecule has 0 bridgehead atoms. The number of carboxylic acids is 1. The molecule has 1 aromatic carbocycles. The number of aromatic nitrogens is 1. The summed E-state index contributed by atoms with van der Waals surface area (Å²) in [6.07, 6.45) is 2.92. The number of hydrogen-bond acceptors (Lipinski definition) is 4. The number of aliphatic carboxylic acids is 1. The van der Waals surface area contributed by atoms with E-state index < -0.39 is 5.97 Å². The van der Waals surface area contributed by atoms with Crippen molar-refractivity contribution >= 4 is 23.5 Å². The van der Waals surface area contributed by atoms with E-state index in [1.54, 1.807) is 42.6 Å². The molecule has 0 unspecified atom stereocenters. The van der Waals surface area contributed by atoms with Gasteiger partial charge in [-0.05, 0) is 36.2 Å². The molecule has 0 atom stereocenters. The van der Waals surface area contributed by atoms with Gasteiger partial charge in [-0.2, -0.15) is 0 Å². The second kappa shape index (κ2) is 9.47. The zero-order valence-corrected chi connectivity index (χ0v) is 15.4. The summed E-state index contributed by atoms with van der Waals surface area (Å²) in [5.74, 6) is -1.33. The molecule has 27 heavy (non-hydrogen) atoms. The van der Waals surface area contributed by atoms with Crippen molar-refractivity contribution < 1.29 is 19.5 Å². The summed E-state index contributed by atoms with van der Waals surface area (Å²) >= 11 is 0. The first-order valence-corrected chi connectivity index (χ1v) is 8.69. The molecule has 2 aromatic rings. The van der Waals surface area contributed by atoms with E-state index in [2.05, 4.69) is 10.3 Å². The SMILES string of the molecule is CC(C)CN(CCC(=O)O)C(=O)c1cccc(NC(=O)c2cccnc2)c1. The van der Waals surface area contributed by atoms with Gasteiger partial charge in [-0.15, -0.1) is 0 Å². The molecule has 7 heteroatoms. The van der Waals surface area contributed by atoms with E-state index in [0.717, 1.165) is 0 Å². The van der Waals surface area contributed by atoms with E-state index in [9.17, 15) is 14.4 Å². The van der Waals surface area contributed by atoms with Crippen LogP contribution in [0.25, 0.3) is 0 Å². The molecule has 0 radical (unpaired) electrons. The van der Waals surface area contributed by atoms with Gasteiger partial charge in [0.25, 0.3) is 11.8 Å². The molecule has 2 N–H and O–H groups in total. The smallest absolute Gasteiger partial charge is 0.305 e. The highest BCUT2D eigenvalue weighted by molar-refractivity contribution is 6.05. The molecule has 0 saturated carbocycles. The summed E-state index contributed by atoms with van der Waals surface area (Å²) in [6.45, 7) is 4.52. The lowest BCUT2D eigenvalue weighted by atomic mass is 10.1. The standard InChI is InChI=1S/C20H23N3O4/c1-14(2)13-23(10-8-18(24)25)20(27)15-5-3-7-17(11-15)22-19(26)16-6-4-9-21-12-16/h3-7,9,11-12,14H,8,10,13H2,1-2H3,(H,22,26)(H,24,25). The number of anilines is 1. The molecular formula is C20H23N3O4. The Morgan fingerprint density at radius 2 is 1.89 bits per heavy atom. The van der Waals surface area contributed by atoms with Crippen LogP contribution in [0.2, 0.25) is 0 Å². The van der Waals surface area contributed by atoms with E-state index in [1.807, 2.05) is 13.8 Å². The first kappa shape index (κ1) is 20.1. The Balaban J connectivity index is 2.14. The van der Waals surface area contributed by atoms with Gasteiger partial charge < -0.3 is 15.3 Å². The minimum atomic E-state index is -0.950. The number of carboxylic acid groups (broad SMARTS) is 1. The lowest BCUT2D eigenvalue weighted by Crippen LogP contribution is -2.36. The quantitative estimate of drug-likeness (QED) is 0.745. The van der Waals surface area contributed by atoms with Crippen LogP contribution in [0.4, 0.5) is 5.69 Å². The van der Waals surface area contributed by atoms with Gasteiger partial charge in [0.1, 0.15) is 0 Å². The number of pyridine rings is 1. The minimum Gasteiger partial charge on any atom is -0.481 e. The van der Waals surface area contributed by atoms with E-state index in [1.165, 1.54) is 11.1 Å². The van der Waals surface area contributed by atoms with Crippen LogP contribution in [0.3, 0.4) is 0 Å². The Labute approximate surface area is 158 Å². The predicted molar refractivity (Wildman–Crippen MR) is 102 cm³/mol.